The van der Waals surface area contributed by atoms with Gasteiger partial charge in [-0.1, -0.05) is 30.3 Å². The van der Waals surface area contributed by atoms with E-state index in [0.717, 1.165) is 72.3 Å². The molecule has 2 aromatic carbocycles. The fraction of sp³-hybridized carbons (Fsp3) is 0.318. The monoisotopic (exact) mass is 361 g/mol. The number of nitrogens with zero attached hydrogens (tertiary/aromatic N) is 3. The zero-order valence-corrected chi connectivity index (χ0v) is 15.2. The molecule has 5 nitrogen and oxygen atoms in total. The smallest absolute Gasteiger partial charge is 0.146 e. The zero-order valence-electron chi connectivity index (χ0n) is 15.2. The third kappa shape index (κ3) is 3.03. The molecule has 0 amide bonds. The van der Waals surface area contributed by atoms with Gasteiger partial charge in [0, 0.05) is 49.3 Å². The van der Waals surface area contributed by atoms with Gasteiger partial charge in [-0.05, 0) is 25.0 Å². The quantitative estimate of drug-likeness (QED) is 0.599. The van der Waals surface area contributed by atoms with Crippen LogP contribution < -0.4 is 0 Å². The number of aliphatic hydroxyl groups is 1. The van der Waals surface area contributed by atoms with Gasteiger partial charge in [0.2, 0.25) is 0 Å². The van der Waals surface area contributed by atoms with Gasteiger partial charge in [0.15, 0.2) is 0 Å². The number of aliphatic hydroxyl groups excluding tert-OH is 1. The molecule has 0 aliphatic carbocycles. The predicted molar refractivity (Wildman–Crippen MR) is 107 cm³/mol. The number of piperidine rings is 1. The van der Waals surface area contributed by atoms with Crippen molar-refractivity contribution in [2.75, 3.05) is 19.6 Å². The molecule has 0 spiro atoms. The second-order valence-electron chi connectivity index (χ2n) is 7.30. The van der Waals surface area contributed by atoms with Crippen molar-refractivity contribution >= 4 is 21.9 Å². The summed E-state index contributed by atoms with van der Waals surface area (Å²) < 4.78 is 8.38. The molecule has 27 heavy (non-hydrogen) atoms. The summed E-state index contributed by atoms with van der Waals surface area (Å²) >= 11 is 0. The van der Waals surface area contributed by atoms with Gasteiger partial charge in [0.1, 0.15) is 17.0 Å². The third-order valence-electron chi connectivity index (χ3n) is 5.57. The lowest BCUT2D eigenvalue weighted by Crippen LogP contribution is -2.37. The average Bonchev–Trinajstić information content (AvgIpc) is 3.31. The maximum atomic E-state index is 9.68. The van der Waals surface area contributed by atoms with Crippen molar-refractivity contribution < 1.29 is 9.52 Å². The minimum atomic E-state index is -0.129. The molecule has 138 valence electrons. The number of fused-ring (bicyclic) bond motifs is 3. The molecule has 1 N–H and O–H groups in total. The Morgan fingerprint density at radius 2 is 1.81 bits per heavy atom. The number of benzene rings is 2. The molecular weight excluding hydrogens is 338 g/mol. The normalized spacial score (nSPS) is 16.5. The minimum Gasteiger partial charge on any atom is -0.455 e. The molecule has 0 bridgehead atoms. The number of furan rings is 1. The Morgan fingerprint density at radius 3 is 2.70 bits per heavy atom. The van der Waals surface area contributed by atoms with Gasteiger partial charge in [-0.2, -0.15) is 0 Å². The van der Waals surface area contributed by atoms with Crippen LogP contribution in [0, 0.1) is 0 Å². The Labute approximate surface area is 157 Å². The highest BCUT2D eigenvalue weighted by Crippen LogP contribution is 2.34. The van der Waals surface area contributed by atoms with Crippen molar-refractivity contribution in [3.05, 3.63) is 54.9 Å². The van der Waals surface area contributed by atoms with E-state index in [1.807, 2.05) is 30.6 Å². The summed E-state index contributed by atoms with van der Waals surface area (Å²) in [5, 5.41) is 11.9. The molecule has 1 fully saturated rings. The van der Waals surface area contributed by atoms with Crippen LogP contribution in [0.2, 0.25) is 0 Å². The molecule has 0 unspecified atom stereocenters. The molecule has 0 atom stereocenters. The van der Waals surface area contributed by atoms with Gasteiger partial charge in [-0.3, -0.25) is 0 Å². The van der Waals surface area contributed by atoms with E-state index >= 15 is 0 Å². The first kappa shape index (κ1) is 16.5. The van der Waals surface area contributed by atoms with Crippen molar-refractivity contribution in [3.8, 4) is 11.4 Å². The number of hydrogen-bond acceptors (Lipinski definition) is 4. The standard InChI is InChI=1S/C22H23N3O2/c26-16-8-11-24(12-9-16)14-15-25-13-10-23-22(25)19-6-3-5-18-17-4-1-2-7-20(17)27-21(18)19/h1-7,10,13,16,26H,8-9,11-12,14-15H2. The van der Waals surface area contributed by atoms with Crippen LogP contribution in [0.1, 0.15) is 12.8 Å². The van der Waals surface area contributed by atoms with E-state index in [4.69, 9.17) is 4.42 Å². The van der Waals surface area contributed by atoms with Gasteiger partial charge in [0.05, 0.1) is 11.7 Å². The van der Waals surface area contributed by atoms with Crippen molar-refractivity contribution in [3.63, 3.8) is 0 Å². The first-order valence-corrected chi connectivity index (χ1v) is 9.62. The molecule has 1 aliphatic rings. The zero-order chi connectivity index (χ0) is 18.2. The summed E-state index contributed by atoms with van der Waals surface area (Å²) in [6.07, 6.45) is 5.51. The van der Waals surface area contributed by atoms with E-state index in [2.05, 4.69) is 38.7 Å². The molecule has 1 aliphatic heterocycles. The number of likely N-dealkylation sites (tertiary alicyclic amines) is 1. The largest absolute Gasteiger partial charge is 0.455 e. The van der Waals surface area contributed by atoms with E-state index in [1.165, 1.54) is 0 Å². The van der Waals surface area contributed by atoms with Crippen LogP contribution in [0.5, 0.6) is 0 Å². The highest BCUT2D eigenvalue weighted by molar-refractivity contribution is 6.08. The predicted octanol–water partition coefficient (Wildman–Crippen LogP) is 3.91. The highest BCUT2D eigenvalue weighted by Gasteiger charge is 2.18. The Kier molecular flexibility index (Phi) is 4.19. The van der Waals surface area contributed by atoms with Crippen LogP contribution >= 0.6 is 0 Å². The van der Waals surface area contributed by atoms with Crippen molar-refractivity contribution in [1.29, 1.82) is 0 Å². The van der Waals surface area contributed by atoms with E-state index in [1.54, 1.807) is 0 Å². The van der Waals surface area contributed by atoms with Gasteiger partial charge < -0.3 is 19.0 Å². The number of aromatic nitrogens is 2. The Balaban J connectivity index is 1.46. The third-order valence-corrected chi connectivity index (χ3v) is 5.57. The fourth-order valence-electron chi connectivity index (χ4n) is 4.05. The van der Waals surface area contributed by atoms with E-state index in [-0.39, 0.29) is 6.10 Å². The molecule has 4 aromatic rings. The van der Waals surface area contributed by atoms with Gasteiger partial charge in [-0.15, -0.1) is 0 Å². The average molecular weight is 361 g/mol. The Bertz CT molecular complexity index is 1070. The maximum absolute atomic E-state index is 9.68. The van der Waals surface area contributed by atoms with Crippen LogP contribution in [0.25, 0.3) is 33.3 Å². The summed E-state index contributed by atoms with van der Waals surface area (Å²) in [6.45, 7) is 3.77. The highest BCUT2D eigenvalue weighted by atomic mass is 16.3. The van der Waals surface area contributed by atoms with Crippen LogP contribution in [-0.2, 0) is 6.54 Å². The van der Waals surface area contributed by atoms with Crippen LogP contribution in [0.15, 0.2) is 59.3 Å². The topological polar surface area (TPSA) is 54.4 Å². The van der Waals surface area contributed by atoms with Crippen LogP contribution in [0.4, 0.5) is 0 Å². The minimum absolute atomic E-state index is 0.129. The number of rotatable bonds is 4. The molecule has 2 aromatic heterocycles. The van der Waals surface area contributed by atoms with Crippen molar-refractivity contribution in [2.45, 2.75) is 25.5 Å². The SMILES string of the molecule is OC1CCN(CCn2ccnc2-c2cccc3c2oc2ccccc23)CC1. The van der Waals surface area contributed by atoms with Gasteiger partial charge in [-0.25, -0.2) is 4.98 Å². The molecule has 0 radical (unpaired) electrons. The summed E-state index contributed by atoms with van der Waals surface area (Å²) in [5.41, 5.74) is 2.83. The molecule has 1 saturated heterocycles. The number of para-hydroxylation sites is 2. The van der Waals surface area contributed by atoms with Gasteiger partial charge in [0.25, 0.3) is 0 Å². The molecule has 5 heteroatoms. The maximum Gasteiger partial charge on any atom is 0.146 e. The molecular formula is C22H23N3O2. The number of hydrogen-bond donors (Lipinski definition) is 1. The van der Waals surface area contributed by atoms with E-state index < -0.39 is 0 Å². The van der Waals surface area contributed by atoms with Crippen LogP contribution in [0.3, 0.4) is 0 Å². The molecule has 5 rings (SSSR count). The Morgan fingerprint density at radius 1 is 1.00 bits per heavy atom. The first-order chi connectivity index (χ1) is 13.3. The molecule has 0 saturated carbocycles. The van der Waals surface area contributed by atoms with E-state index in [0.29, 0.717) is 0 Å². The van der Waals surface area contributed by atoms with Crippen molar-refractivity contribution in [1.82, 2.24) is 14.5 Å². The summed E-state index contributed by atoms with van der Waals surface area (Å²) in [5.74, 6) is 0.941. The first-order valence-electron chi connectivity index (χ1n) is 9.62. The Hall–Kier alpha value is -2.63. The lowest BCUT2D eigenvalue weighted by Gasteiger charge is -2.29. The fourth-order valence-corrected chi connectivity index (χ4v) is 4.05. The lowest BCUT2D eigenvalue weighted by atomic mass is 10.1. The van der Waals surface area contributed by atoms with E-state index in [9.17, 15) is 5.11 Å². The molecule has 3 heterocycles. The number of imidazole rings is 1. The van der Waals surface area contributed by atoms with Crippen LogP contribution in [-0.4, -0.2) is 45.3 Å². The van der Waals surface area contributed by atoms with Gasteiger partial charge >= 0.3 is 0 Å². The van der Waals surface area contributed by atoms with Crippen molar-refractivity contribution in [2.24, 2.45) is 0 Å². The summed E-state index contributed by atoms with van der Waals surface area (Å²) in [7, 11) is 0. The summed E-state index contributed by atoms with van der Waals surface area (Å²) in [6, 6.07) is 14.4. The lowest BCUT2D eigenvalue weighted by molar-refractivity contribution is 0.0810. The summed E-state index contributed by atoms with van der Waals surface area (Å²) in [4.78, 5) is 7.04. The second kappa shape index (κ2) is 6.83. The second-order valence-corrected chi connectivity index (χ2v) is 7.30.